The molecule has 0 spiro atoms. The van der Waals surface area contributed by atoms with Crippen molar-refractivity contribution in [1.29, 1.82) is 5.26 Å². The van der Waals surface area contributed by atoms with Gasteiger partial charge in [-0.2, -0.15) is 5.26 Å². The molecule has 1 unspecified atom stereocenters. The molecule has 0 aromatic carbocycles. The number of hydrogen-bond acceptors (Lipinski definition) is 3. The second-order valence-corrected chi connectivity index (χ2v) is 5.92. The van der Waals surface area contributed by atoms with Gasteiger partial charge in [0.15, 0.2) is 0 Å². The molecule has 2 fully saturated rings. The van der Waals surface area contributed by atoms with Crippen LogP contribution in [0.3, 0.4) is 0 Å². The molecule has 0 radical (unpaired) electrons. The van der Waals surface area contributed by atoms with Gasteiger partial charge in [-0.15, -0.1) is 0 Å². The second kappa shape index (κ2) is 5.37. The first-order valence-corrected chi connectivity index (χ1v) is 7.05. The zero-order valence-corrected chi connectivity index (χ0v) is 11.2. The van der Waals surface area contributed by atoms with Gasteiger partial charge in [-0.1, -0.05) is 6.92 Å². The summed E-state index contributed by atoms with van der Waals surface area (Å²) in [6, 6.07) is 2.58. The maximum absolute atomic E-state index is 9.57. The normalized spacial score (nSPS) is 23.4. The SMILES string of the molecule is CCCNC(C#N)(CN(C)CC1CC1)C1CC1. The summed E-state index contributed by atoms with van der Waals surface area (Å²) < 4.78 is 0. The Morgan fingerprint density at radius 1 is 1.35 bits per heavy atom. The number of rotatable bonds is 8. The minimum absolute atomic E-state index is 0.278. The van der Waals surface area contributed by atoms with Gasteiger partial charge >= 0.3 is 0 Å². The molecule has 2 aliphatic carbocycles. The van der Waals surface area contributed by atoms with Crippen LogP contribution in [-0.4, -0.2) is 37.1 Å². The minimum Gasteiger partial charge on any atom is -0.303 e. The quantitative estimate of drug-likeness (QED) is 0.699. The van der Waals surface area contributed by atoms with Gasteiger partial charge in [0.2, 0.25) is 0 Å². The third-order valence-electron chi connectivity index (χ3n) is 3.95. The lowest BCUT2D eigenvalue weighted by atomic mass is 9.94. The molecule has 0 saturated heterocycles. The van der Waals surface area contributed by atoms with E-state index in [-0.39, 0.29) is 5.54 Å². The molecule has 2 rings (SSSR count). The van der Waals surface area contributed by atoms with E-state index in [0.717, 1.165) is 25.4 Å². The predicted octanol–water partition coefficient (Wildman–Crippen LogP) is 2.00. The Bertz CT molecular complexity index is 288. The first-order chi connectivity index (χ1) is 8.20. The van der Waals surface area contributed by atoms with Gasteiger partial charge < -0.3 is 4.90 Å². The van der Waals surface area contributed by atoms with E-state index in [1.807, 2.05) is 0 Å². The fourth-order valence-corrected chi connectivity index (χ4v) is 2.65. The van der Waals surface area contributed by atoms with Gasteiger partial charge in [0, 0.05) is 13.1 Å². The first-order valence-electron chi connectivity index (χ1n) is 7.05. The Morgan fingerprint density at radius 2 is 2.06 bits per heavy atom. The van der Waals surface area contributed by atoms with Crippen molar-refractivity contribution < 1.29 is 0 Å². The van der Waals surface area contributed by atoms with E-state index in [1.54, 1.807) is 0 Å². The Kier molecular flexibility index (Phi) is 4.06. The topological polar surface area (TPSA) is 39.1 Å². The van der Waals surface area contributed by atoms with Crippen LogP contribution in [0.5, 0.6) is 0 Å². The van der Waals surface area contributed by atoms with Crippen molar-refractivity contribution in [2.24, 2.45) is 11.8 Å². The lowest BCUT2D eigenvalue weighted by Gasteiger charge is -2.32. The number of hydrogen-bond donors (Lipinski definition) is 1. The minimum atomic E-state index is -0.278. The molecule has 0 aliphatic heterocycles. The smallest absolute Gasteiger partial charge is 0.122 e. The second-order valence-electron chi connectivity index (χ2n) is 5.92. The van der Waals surface area contributed by atoms with E-state index < -0.39 is 0 Å². The van der Waals surface area contributed by atoms with Crippen LogP contribution in [0.15, 0.2) is 0 Å². The van der Waals surface area contributed by atoms with Gasteiger partial charge in [0.25, 0.3) is 0 Å². The summed E-state index contributed by atoms with van der Waals surface area (Å²) in [5.74, 6) is 1.49. The van der Waals surface area contributed by atoms with Crippen LogP contribution < -0.4 is 5.32 Å². The third-order valence-corrected chi connectivity index (χ3v) is 3.95. The van der Waals surface area contributed by atoms with Gasteiger partial charge in [0.1, 0.15) is 5.54 Å². The summed E-state index contributed by atoms with van der Waals surface area (Å²) in [7, 11) is 2.17. The van der Waals surface area contributed by atoms with E-state index in [4.69, 9.17) is 0 Å². The number of nitriles is 1. The average molecular weight is 235 g/mol. The summed E-state index contributed by atoms with van der Waals surface area (Å²) in [4.78, 5) is 2.36. The van der Waals surface area contributed by atoms with Crippen molar-refractivity contribution in [2.75, 3.05) is 26.7 Å². The highest BCUT2D eigenvalue weighted by molar-refractivity contribution is 5.16. The van der Waals surface area contributed by atoms with Crippen LogP contribution in [0, 0.1) is 23.2 Å². The van der Waals surface area contributed by atoms with Crippen LogP contribution >= 0.6 is 0 Å². The van der Waals surface area contributed by atoms with Crippen molar-refractivity contribution in [3.8, 4) is 6.07 Å². The largest absolute Gasteiger partial charge is 0.303 e. The van der Waals surface area contributed by atoms with Crippen molar-refractivity contribution in [3.63, 3.8) is 0 Å². The first kappa shape index (κ1) is 12.9. The molecule has 1 N–H and O–H groups in total. The summed E-state index contributed by atoms with van der Waals surface area (Å²) in [6.07, 6.45) is 6.32. The lowest BCUT2D eigenvalue weighted by Crippen LogP contribution is -2.54. The molecule has 0 heterocycles. The summed E-state index contributed by atoms with van der Waals surface area (Å²) in [5.41, 5.74) is -0.278. The predicted molar refractivity (Wildman–Crippen MR) is 69.6 cm³/mol. The summed E-state index contributed by atoms with van der Waals surface area (Å²) >= 11 is 0. The highest BCUT2D eigenvalue weighted by Gasteiger charge is 2.46. The number of likely N-dealkylation sites (N-methyl/N-ethyl adjacent to an activating group) is 1. The number of nitrogens with zero attached hydrogens (tertiary/aromatic N) is 2. The molecule has 0 bridgehead atoms. The van der Waals surface area contributed by atoms with E-state index in [9.17, 15) is 5.26 Å². The molecule has 0 aromatic heterocycles. The number of nitrogens with one attached hydrogen (secondary N) is 1. The van der Waals surface area contributed by atoms with Crippen LogP contribution in [-0.2, 0) is 0 Å². The molecule has 3 heteroatoms. The zero-order valence-electron chi connectivity index (χ0n) is 11.2. The average Bonchev–Trinajstić information content (AvgIpc) is 3.14. The van der Waals surface area contributed by atoms with Crippen LogP contribution in [0.4, 0.5) is 0 Å². The van der Waals surface area contributed by atoms with Gasteiger partial charge in [-0.3, -0.25) is 5.32 Å². The van der Waals surface area contributed by atoms with Crippen molar-refractivity contribution in [3.05, 3.63) is 0 Å². The molecule has 96 valence electrons. The van der Waals surface area contributed by atoms with Gasteiger partial charge in [-0.25, -0.2) is 0 Å². The van der Waals surface area contributed by atoms with Crippen LogP contribution in [0.1, 0.15) is 39.0 Å². The molecular formula is C14H25N3. The van der Waals surface area contributed by atoms with Gasteiger partial charge in [-0.05, 0) is 57.5 Å². The highest BCUT2D eigenvalue weighted by atomic mass is 15.2. The van der Waals surface area contributed by atoms with E-state index in [0.29, 0.717) is 5.92 Å². The maximum atomic E-state index is 9.57. The Morgan fingerprint density at radius 3 is 2.53 bits per heavy atom. The Balaban J connectivity index is 1.90. The van der Waals surface area contributed by atoms with Gasteiger partial charge in [0.05, 0.1) is 6.07 Å². The maximum Gasteiger partial charge on any atom is 0.122 e. The van der Waals surface area contributed by atoms with Crippen molar-refractivity contribution >= 4 is 0 Å². The molecule has 17 heavy (non-hydrogen) atoms. The van der Waals surface area contributed by atoms with E-state index >= 15 is 0 Å². The Hall–Kier alpha value is -0.590. The van der Waals surface area contributed by atoms with Crippen LogP contribution in [0.25, 0.3) is 0 Å². The highest BCUT2D eigenvalue weighted by Crippen LogP contribution is 2.40. The monoisotopic (exact) mass is 235 g/mol. The molecule has 0 aromatic rings. The molecule has 2 aliphatic rings. The molecule has 0 amide bonds. The molecule has 2 saturated carbocycles. The van der Waals surface area contributed by atoms with Crippen molar-refractivity contribution in [2.45, 2.75) is 44.6 Å². The summed E-state index contributed by atoms with van der Waals surface area (Å²) in [5, 5.41) is 13.1. The fourth-order valence-electron chi connectivity index (χ4n) is 2.65. The Labute approximate surface area is 105 Å². The standard InChI is InChI=1S/C14H25N3/c1-3-8-16-14(10-15,13-6-7-13)11-17(2)9-12-4-5-12/h12-13,16H,3-9,11H2,1-2H3. The molecular weight excluding hydrogens is 210 g/mol. The zero-order chi connectivity index (χ0) is 12.3. The fraction of sp³-hybridized carbons (Fsp3) is 0.929. The van der Waals surface area contributed by atoms with E-state index in [1.165, 1.54) is 32.2 Å². The third kappa shape index (κ3) is 3.43. The van der Waals surface area contributed by atoms with E-state index in [2.05, 4.69) is 30.3 Å². The molecule has 1 atom stereocenters. The van der Waals surface area contributed by atoms with Crippen LogP contribution in [0.2, 0.25) is 0 Å². The molecule has 3 nitrogen and oxygen atoms in total. The van der Waals surface area contributed by atoms with Crippen molar-refractivity contribution in [1.82, 2.24) is 10.2 Å². The lowest BCUT2D eigenvalue weighted by molar-refractivity contribution is 0.222. The summed E-state index contributed by atoms with van der Waals surface area (Å²) in [6.45, 7) is 5.19.